The van der Waals surface area contributed by atoms with Crippen LogP contribution < -0.4 is 5.73 Å². The van der Waals surface area contributed by atoms with Gasteiger partial charge in [-0.1, -0.05) is 5.16 Å². The van der Waals surface area contributed by atoms with E-state index in [0.717, 1.165) is 4.68 Å². The highest BCUT2D eigenvalue weighted by molar-refractivity contribution is 5.62. The Bertz CT molecular complexity index is 514. The first-order valence-electron chi connectivity index (χ1n) is 4.21. The number of nitrogen functional groups attached to an aromatic ring is 1. The Morgan fingerprint density at radius 1 is 1.44 bits per heavy atom. The minimum Gasteiger partial charge on any atom is -0.381 e. The normalized spacial score (nSPS) is 12.0. The average molecular weight is 232 g/mol. The topological polar surface area (TPSA) is 69.9 Å². The third-order valence-corrected chi connectivity index (χ3v) is 1.89. The molecule has 2 heterocycles. The van der Waals surface area contributed by atoms with E-state index in [4.69, 9.17) is 5.73 Å². The maximum absolute atomic E-state index is 12.6. The van der Waals surface area contributed by atoms with E-state index in [1.165, 1.54) is 19.3 Å². The van der Waals surface area contributed by atoms with Gasteiger partial charge in [-0.15, -0.1) is 0 Å². The van der Waals surface area contributed by atoms with Crippen molar-refractivity contribution in [3.8, 4) is 11.3 Å². The molecule has 0 fully saturated rings. The Morgan fingerprint density at radius 2 is 2.12 bits per heavy atom. The summed E-state index contributed by atoms with van der Waals surface area (Å²) in [5.74, 6) is -0.0371. The number of alkyl halides is 3. The summed E-state index contributed by atoms with van der Waals surface area (Å²) < 4.78 is 43.5. The van der Waals surface area contributed by atoms with Crippen molar-refractivity contribution in [1.82, 2.24) is 14.9 Å². The molecule has 0 bridgehead atoms. The second-order valence-electron chi connectivity index (χ2n) is 3.18. The molecule has 86 valence electrons. The predicted octanol–water partition coefficient (Wildman–Crippen LogP) is 1.68. The molecule has 8 heteroatoms. The van der Waals surface area contributed by atoms with E-state index in [2.05, 4.69) is 14.8 Å². The summed E-state index contributed by atoms with van der Waals surface area (Å²) in [6, 6.07) is 1.21. The van der Waals surface area contributed by atoms with E-state index in [1.54, 1.807) is 0 Å². The molecule has 2 N–H and O–H groups in total. The lowest BCUT2D eigenvalue weighted by molar-refractivity contribution is -0.141. The highest BCUT2D eigenvalue weighted by atomic mass is 19.4. The number of anilines is 1. The SMILES string of the molecule is Cn1cc(-c2cc(N)no2)c(C(F)(F)F)n1. The molecule has 0 amide bonds. The Labute approximate surface area is 87.6 Å². The van der Waals surface area contributed by atoms with Gasteiger partial charge >= 0.3 is 6.18 Å². The molecule has 0 unspecified atom stereocenters. The van der Waals surface area contributed by atoms with Crippen molar-refractivity contribution in [2.45, 2.75) is 6.18 Å². The molecule has 0 aliphatic heterocycles. The minimum absolute atomic E-state index is 0.0203. The quantitative estimate of drug-likeness (QED) is 0.811. The molecular weight excluding hydrogens is 225 g/mol. The van der Waals surface area contributed by atoms with Gasteiger partial charge in [0, 0.05) is 19.3 Å². The monoisotopic (exact) mass is 232 g/mol. The highest BCUT2D eigenvalue weighted by Crippen LogP contribution is 2.36. The van der Waals surface area contributed by atoms with Gasteiger partial charge in [0.2, 0.25) is 0 Å². The average Bonchev–Trinajstić information content (AvgIpc) is 2.70. The molecule has 0 aliphatic rings. The molecule has 5 nitrogen and oxygen atoms in total. The van der Waals surface area contributed by atoms with E-state index in [9.17, 15) is 13.2 Å². The lowest BCUT2D eigenvalue weighted by Crippen LogP contribution is -2.08. The van der Waals surface area contributed by atoms with E-state index in [-0.39, 0.29) is 17.1 Å². The van der Waals surface area contributed by atoms with E-state index < -0.39 is 11.9 Å². The molecule has 0 saturated heterocycles. The van der Waals surface area contributed by atoms with Crippen molar-refractivity contribution in [2.75, 3.05) is 5.73 Å². The fraction of sp³-hybridized carbons (Fsp3) is 0.250. The third-order valence-electron chi connectivity index (χ3n) is 1.89. The van der Waals surface area contributed by atoms with Crippen LogP contribution in [0.4, 0.5) is 19.0 Å². The summed E-state index contributed by atoms with van der Waals surface area (Å²) in [6.45, 7) is 0. The van der Waals surface area contributed by atoms with E-state index in [0.29, 0.717) is 0 Å². The van der Waals surface area contributed by atoms with Gasteiger partial charge in [0.1, 0.15) is 0 Å². The first-order chi connectivity index (χ1) is 7.38. The Hall–Kier alpha value is -1.99. The van der Waals surface area contributed by atoms with Crippen molar-refractivity contribution in [2.24, 2.45) is 7.05 Å². The van der Waals surface area contributed by atoms with E-state index >= 15 is 0 Å². The van der Waals surface area contributed by atoms with Crippen molar-refractivity contribution in [3.63, 3.8) is 0 Å². The number of rotatable bonds is 1. The molecule has 16 heavy (non-hydrogen) atoms. The van der Waals surface area contributed by atoms with Crippen molar-refractivity contribution in [1.29, 1.82) is 0 Å². The molecule has 0 atom stereocenters. The van der Waals surface area contributed by atoms with Gasteiger partial charge in [0.15, 0.2) is 17.3 Å². The summed E-state index contributed by atoms with van der Waals surface area (Å²) in [5, 5.41) is 6.65. The molecule has 2 aromatic heterocycles. The fourth-order valence-electron chi connectivity index (χ4n) is 1.29. The van der Waals surface area contributed by atoms with Gasteiger partial charge in [-0.25, -0.2) is 0 Å². The van der Waals surface area contributed by atoms with Crippen LogP contribution in [-0.2, 0) is 13.2 Å². The second kappa shape index (κ2) is 3.26. The van der Waals surface area contributed by atoms with E-state index in [1.807, 2.05) is 0 Å². The zero-order valence-electron chi connectivity index (χ0n) is 8.12. The van der Waals surface area contributed by atoms with Gasteiger partial charge in [-0.3, -0.25) is 4.68 Å². The van der Waals surface area contributed by atoms with Gasteiger partial charge in [0.25, 0.3) is 0 Å². The molecular formula is C8H7F3N4O. The number of nitrogens with two attached hydrogens (primary N) is 1. The number of hydrogen-bond donors (Lipinski definition) is 1. The first-order valence-corrected chi connectivity index (χ1v) is 4.21. The maximum atomic E-state index is 12.6. The van der Waals surface area contributed by atoms with Crippen LogP contribution in [0.25, 0.3) is 11.3 Å². The maximum Gasteiger partial charge on any atom is 0.435 e. The summed E-state index contributed by atoms with van der Waals surface area (Å²) in [4.78, 5) is 0. The van der Waals surface area contributed by atoms with Crippen molar-refractivity contribution < 1.29 is 17.7 Å². The van der Waals surface area contributed by atoms with Crippen LogP contribution in [0.1, 0.15) is 5.69 Å². The Morgan fingerprint density at radius 3 is 2.62 bits per heavy atom. The minimum atomic E-state index is -4.54. The van der Waals surface area contributed by atoms with Crippen LogP contribution in [0.3, 0.4) is 0 Å². The van der Waals surface area contributed by atoms with Gasteiger partial charge in [0.05, 0.1) is 5.56 Å². The first kappa shape index (κ1) is 10.5. The largest absolute Gasteiger partial charge is 0.435 e. The van der Waals surface area contributed by atoms with Crippen LogP contribution in [0.2, 0.25) is 0 Å². The molecule has 2 aromatic rings. The molecule has 0 radical (unpaired) electrons. The van der Waals surface area contributed by atoms with Crippen LogP contribution in [0.15, 0.2) is 16.8 Å². The highest BCUT2D eigenvalue weighted by Gasteiger charge is 2.38. The predicted molar refractivity (Wildman–Crippen MR) is 48.1 cm³/mol. The van der Waals surface area contributed by atoms with Crippen molar-refractivity contribution >= 4 is 5.82 Å². The number of halogens is 3. The molecule has 0 aromatic carbocycles. The summed E-state index contributed by atoms with van der Waals surface area (Å²) in [5.41, 5.74) is 4.07. The second-order valence-corrected chi connectivity index (χ2v) is 3.18. The standard InChI is InChI=1S/C8H7F3N4O/c1-15-3-4(5-2-6(12)14-16-5)7(13-15)8(9,10)11/h2-3H,1H3,(H2,12,14). The van der Waals surface area contributed by atoms with Gasteiger partial charge in [-0.05, 0) is 0 Å². The Kier molecular flexibility index (Phi) is 2.14. The molecule has 0 spiro atoms. The van der Waals surface area contributed by atoms with Crippen LogP contribution in [-0.4, -0.2) is 14.9 Å². The summed E-state index contributed by atoms with van der Waals surface area (Å²) in [7, 11) is 1.39. The van der Waals surface area contributed by atoms with Crippen LogP contribution >= 0.6 is 0 Å². The Balaban J connectivity index is 2.57. The molecule has 2 rings (SSSR count). The lowest BCUT2D eigenvalue weighted by Gasteiger charge is -2.02. The smallest absolute Gasteiger partial charge is 0.381 e. The zero-order valence-corrected chi connectivity index (χ0v) is 8.12. The van der Waals surface area contributed by atoms with Gasteiger partial charge < -0.3 is 10.3 Å². The number of aryl methyl sites for hydroxylation is 1. The fourth-order valence-corrected chi connectivity index (χ4v) is 1.29. The van der Waals surface area contributed by atoms with Crippen molar-refractivity contribution in [3.05, 3.63) is 18.0 Å². The van der Waals surface area contributed by atoms with Crippen LogP contribution in [0.5, 0.6) is 0 Å². The lowest BCUT2D eigenvalue weighted by atomic mass is 10.2. The number of aromatic nitrogens is 3. The summed E-state index contributed by atoms with van der Waals surface area (Å²) in [6.07, 6.45) is -3.35. The summed E-state index contributed by atoms with van der Waals surface area (Å²) >= 11 is 0. The molecule has 0 saturated carbocycles. The number of nitrogens with zero attached hydrogens (tertiary/aromatic N) is 3. The number of hydrogen-bond acceptors (Lipinski definition) is 4. The van der Waals surface area contributed by atoms with Gasteiger partial charge in [-0.2, -0.15) is 18.3 Å². The zero-order chi connectivity index (χ0) is 11.9. The van der Waals surface area contributed by atoms with Crippen LogP contribution in [0, 0.1) is 0 Å². The third kappa shape index (κ3) is 1.73. The molecule has 0 aliphatic carbocycles.